The summed E-state index contributed by atoms with van der Waals surface area (Å²) in [5.74, 6) is -3.40. The average molecular weight is 456 g/mol. The van der Waals surface area contributed by atoms with E-state index in [2.05, 4.69) is 5.32 Å². The summed E-state index contributed by atoms with van der Waals surface area (Å²) in [6.45, 7) is 9.77. The number of methoxy groups -OCH3 is 1. The fraction of sp³-hybridized carbons (Fsp3) is 0.400. The lowest BCUT2D eigenvalue weighted by Crippen LogP contribution is -2.36. The summed E-state index contributed by atoms with van der Waals surface area (Å²) in [5, 5.41) is 12.9. The van der Waals surface area contributed by atoms with E-state index in [1.54, 1.807) is 0 Å². The summed E-state index contributed by atoms with van der Waals surface area (Å²) in [7, 11) is 1.31. The van der Waals surface area contributed by atoms with Crippen LogP contribution in [0.25, 0.3) is 11.1 Å². The molecule has 0 unspecified atom stereocenters. The zero-order chi connectivity index (χ0) is 23.7. The number of anilines is 1. The van der Waals surface area contributed by atoms with Gasteiger partial charge in [-0.3, -0.25) is 9.59 Å². The SMILES string of the molecule is COC(=O)c1c(NC(=O)[C@@H]2CC(C)=C(C)C[C@H]2C(=O)O)sc(C)c1-c1ccc(C)c(C)c1. The largest absolute Gasteiger partial charge is 0.481 e. The van der Waals surface area contributed by atoms with Gasteiger partial charge in [0, 0.05) is 10.4 Å². The molecule has 0 saturated carbocycles. The second-order valence-electron chi connectivity index (χ2n) is 8.54. The van der Waals surface area contributed by atoms with Crippen molar-refractivity contribution in [1.29, 1.82) is 0 Å². The number of rotatable bonds is 5. The number of aryl methyl sites for hydroxylation is 3. The van der Waals surface area contributed by atoms with Crippen molar-refractivity contribution < 1.29 is 24.2 Å². The lowest BCUT2D eigenvalue weighted by molar-refractivity contribution is -0.146. The monoisotopic (exact) mass is 455 g/mol. The highest BCUT2D eigenvalue weighted by Gasteiger charge is 2.38. The van der Waals surface area contributed by atoms with Gasteiger partial charge in [0.05, 0.1) is 18.9 Å². The molecule has 1 aromatic heterocycles. The van der Waals surface area contributed by atoms with Crippen LogP contribution in [0.3, 0.4) is 0 Å². The molecule has 7 heteroatoms. The van der Waals surface area contributed by atoms with Crippen molar-refractivity contribution in [3.05, 3.63) is 50.9 Å². The minimum atomic E-state index is -0.983. The molecule has 32 heavy (non-hydrogen) atoms. The molecule has 0 aliphatic heterocycles. The van der Waals surface area contributed by atoms with Crippen LogP contribution < -0.4 is 5.32 Å². The third kappa shape index (κ3) is 4.48. The third-order valence-electron chi connectivity index (χ3n) is 6.43. The highest BCUT2D eigenvalue weighted by Crippen LogP contribution is 2.42. The standard InChI is InChI=1S/C25H29NO5S/c1-12-7-8-17(9-13(12)2)20-16(5)32-23(21(20)25(30)31-6)26-22(27)18-10-14(3)15(4)11-19(18)24(28)29/h7-9,18-19H,10-11H2,1-6H3,(H,26,27)(H,28,29)/t18-,19-/m1/s1. The zero-order valence-corrected chi connectivity index (χ0v) is 20.1. The number of hydrogen-bond donors (Lipinski definition) is 2. The number of esters is 1. The number of ether oxygens (including phenoxy) is 1. The minimum Gasteiger partial charge on any atom is -0.481 e. The summed E-state index contributed by atoms with van der Waals surface area (Å²) in [6, 6.07) is 5.97. The second-order valence-corrected chi connectivity index (χ2v) is 9.76. The molecule has 170 valence electrons. The Morgan fingerprint density at radius 3 is 2.19 bits per heavy atom. The number of carbonyl (C=O) groups excluding carboxylic acids is 2. The Hall–Kier alpha value is -2.93. The molecule has 1 aliphatic rings. The van der Waals surface area contributed by atoms with Crippen LogP contribution in [0.5, 0.6) is 0 Å². The molecule has 0 radical (unpaired) electrons. The number of aliphatic carboxylic acids is 1. The van der Waals surface area contributed by atoms with E-state index in [1.165, 1.54) is 18.4 Å². The van der Waals surface area contributed by atoms with Crippen molar-refractivity contribution in [2.45, 2.75) is 47.5 Å². The molecule has 6 nitrogen and oxygen atoms in total. The summed E-state index contributed by atoms with van der Waals surface area (Å²) in [4.78, 5) is 38.7. The van der Waals surface area contributed by atoms with E-state index in [0.717, 1.165) is 38.3 Å². The molecule has 1 heterocycles. The molecule has 1 amide bonds. The van der Waals surface area contributed by atoms with Crippen molar-refractivity contribution in [2.24, 2.45) is 11.8 Å². The van der Waals surface area contributed by atoms with Gasteiger partial charge >= 0.3 is 11.9 Å². The van der Waals surface area contributed by atoms with Crippen LogP contribution in [0, 0.1) is 32.6 Å². The van der Waals surface area contributed by atoms with Gasteiger partial charge in [0.15, 0.2) is 0 Å². The maximum absolute atomic E-state index is 13.2. The molecule has 2 atom stereocenters. The van der Waals surface area contributed by atoms with Gasteiger partial charge in [-0.1, -0.05) is 29.3 Å². The number of carboxylic acid groups (broad SMARTS) is 1. The van der Waals surface area contributed by atoms with Crippen molar-refractivity contribution in [1.82, 2.24) is 0 Å². The highest BCUT2D eigenvalue weighted by atomic mass is 32.1. The van der Waals surface area contributed by atoms with Crippen molar-refractivity contribution in [3.63, 3.8) is 0 Å². The zero-order valence-electron chi connectivity index (χ0n) is 19.3. The van der Waals surface area contributed by atoms with Gasteiger partial charge in [0.25, 0.3) is 0 Å². The Balaban J connectivity index is 2.03. The van der Waals surface area contributed by atoms with Crippen molar-refractivity contribution in [2.75, 3.05) is 12.4 Å². The van der Waals surface area contributed by atoms with Crippen LogP contribution in [0.1, 0.15) is 53.1 Å². The molecule has 3 rings (SSSR count). The van der Waals surface area contributed by atoms with Gasteiger partial charge in [-0.25, -0.2) is 4.79 Å². The maximum Gasteiger partial charge on any atom is 0.341 e. The van der Waals surface area contributed by atoms with Crippen molar-refractivity contribution >= 4 is 34.2 Å². The topological polar surface area (TPSA) is 92.7 Å². The fourth-order valence-electron chi connectivity index (χ4n) is 4.21. The molecular formula is C25H29NO5S. The normalized spacial score (nSPS) is 18.4. The molecule has 0 saturated heterocycles. The molecule has 1 aromatic carbocycles. The van der Waals surface area contributed by atoms with Gasteiger partial charge in [-0.15, -0.1) is 11.3 Å². The first-order valence-corrected chi connectivity index (χ1v) is 11.3. The lowest BCUT2D eigenvalue weighted by atomic mass is 9.76. The van der Waals surface area contributed by atoms with E-state index in [9.17, 15) is 19.5 Å². The van der Waals surface area contributed by atoms with Gasteiger partial charge in [0.1, 0.15) is 10.6 Å². The number of amides is 1. The minimum absolute atomic E-state index is 0.303. The van der Waals surface area contributed by atoms with Crippen LogP contribution in [-0.2, 0) is 14.3 Å². The smallest absolute Gasteiger partial charge is 0.341 e. The van der Waals surface area contributed by atoms with Crippen LogP contribution in [0.4, 0.5) is 5.00 Å². The summed E-state index contributed by atoms with van der Waals surface area (Å²) in [6.07, 6.45) is 0.733. The fourth-order valence-corrected chi connectivity index (χ4v) is 5.27. The predicted molar refractivity (Wildman–Crippen MR) is 126 cm³/mol. The van der Waals surface area contributed by atoms with Gasteiger partial charge in [0.2, 0.25) is 5.91 Å². The van der Waals surface area contributed by atoms with E-state index < -0.39 is 23.8 Å². The Kier molecular flexibility index (Phi) is 6.88. The second kappa shape index (κ2) is 9.28. The summed E-state index contributed by atoms with van der Waals surface area (Å²) < 4.78 is 5.04. The first kappa shape index (κ1) is 23.7. The summed E-state index contributed by atoms with van der Waals surface area (Å²) in [5.41, 5.74) is 6.19. The summed E-state index contributed by atoms with van der Waals surface area (Å²) >= 11 is 1.30. The number of hydrogen-bond acceptors (Lipinski definition) is 5. The van der Waals surface area contributed by atoms with Crippen LogP contribution >= 0.6 is 11.3 Å². The maximum atomic E-state index is 13.2. The van der Waals surface area contributed by atoms with Crippen LogP contribution in [0.2, 0.25) is 0 Å². The number of benzene rings is 1. The third-order valence-corrected chi connectivity index (χ3v) is 7.45. The van der Waals surface area contributed by atoms with Crippen molar-refractivity contribution in [3.8, 4) is 11.1 Å². The van der Waals surface area contributed by atoms with Gasteiger partial charge in [-0.05, 0) is 64.2 Å². The number of nitrogens with one attached hydrogen (secondary N) is 1. The number of allylic oxidation sites excluding steroid dienone is 2. The van der Waals surface area contributed by atoms with E-state index in [4.69, 9.17) is 4.74 Å². The molecule has 2 aromatic rings. The quantitative estimate of drug-likeness (QED) is 0.458. The van der Waals surface area contributed by atoms with Gasteiger partial charge < -0.3 is 15.2 Å². The lowest BCUT2D eigenvalue weighted by Gasteiger charge is -2.29. The molecular weight excluding hydrogens is 426 g/mol. The molecule has 2 N–H and O–H groups in total. The Labute approximate surface area is 192 Å². The van der Waals surface area contributed by atoms with Crippen LogP contribution in [-0.4, -0.2) is 30.1 Å². The number of carboxylic acids is 1. The first-order valence-electron chi connectivity index (χ1n) is 10.5. The Bertz CT molecular complexity index is 1130. The highest BCUT2D eigenvalue weighted by molar-refractivity contribution is 7.17. The Morgan fingerprint density at radius 1 is 1.00 bits per heavy atom. The van der Waals surface area contributed by atoms with Crippen LogP contribution in [0.15, 0.2) is 29.3 Å². The average Bonchev–Trinajstić information content (AvgIpc) is 3.06. The van der Waals surface area contributed by atoms with E-state index in [-0.39, 0.29) is 5.91 Å². The number of carbonyl (C=O) groups is 3. The van der Waals surface area contributed by atoms with E-state index in [0.29, 0.717) is 23.4 Å². The molecule has 0 bridgehead atoms. The van der Waals surface area contributed by atoms with Gasteiger partial charge in [-0.2, -0.15) is 0 Å². The first-order chi connectivity index (χ1) is 15.0. The molecule has 1 aliphatic carbocycles. The number of thiophene rings is 1. The van der Waals surface area contributed by atoms with E-state index >= 15 is 0 Å². The Morgan fingerprint density at radius 2 is 1.62 bits per heavy atom. The van der Waals surface area contributed by atoms with E-state index in [1.807, 2.05) is 52.8 Å². The molecule has 0 spiro atoms. The predicted octanol–water partition coefficient (Wildman–Crippen LogP) is 5.51. The molecule has 0 fully saturated rings.